The molecule has 4 nitrogen and oxygen atoms in total. The van der Waals surface area contributed by atoms with Crippen LogP contribution in [0.3, 0.4) is 0 Å². The quantitative estimate of drug-likeness (QED) is 0.643. The molecule has 0 aliphatic carbocycles. The molecule has 18 heavy (non-hydrogen) atoms. The van der Waals surface area contributed by atoms with E-state index in [0.717, 1.165) is 25.9 Å². The third-order valence-electron chi connectivity index (χ3n) is 3.59. The van der Waals surface area contributed by atoms with Crippen LogP contribution in [0.5, 0.6) is 0 Å². The molecule has 0 aromatic heterocycles. The molecule has 96 valence electrons. The van der Waals surface area contributed by atoms with Gasteiger partial charge in [-0.3, -0.25) is 9.59 Å². The van der Waals surface area contributed by atoms with Gasteiger partial charge in [0, 0.05) is 5.56 Å². The fourth-order valence-electron chi connectivity index (χ4n) is 2.39. The Morgan fingerprint density at radius 1 is 1.17 bits per heavy atom. The highest BCUT2D eigenvalue weighted by Gasteiger charge is 2.19. The van der Waals surface area contributed by atoms with Crippen molar-refractivity contribution in [3.8, 4) is 0 Å². The Morgan fingerprint density at radius 3 is 2.22 bits per heavy atom. The van der Waals surface area contributed by atoms with Crippen molar-refractivity contribution in [3.63, 3.8) is 0 Å². The zero-order chi connectivity index (χ0) is 13.1. The molecule has 1 saturated heterocycles. The van der Waals surface area contributed by atoms with Crippen LogP contribution in [-0.2, 0) is 4.79 Å². The van der Waals surface area contributed by atoms with Gasteiger partial charge in [-0.05, 0) is 44.5 Å². The van der Waals surface area contributed by atoms with Gasteiger partial charge in [-0.1, -0.05) is 24.3 Å². The van der Waals surface area contributed by atoms with Gasteiger partial charge in [0.05, 0.1) is 0 Å². The van der Waals surface area contributed by atoms with Crippen LogP contribution in [0.4, 0.5) is 0 Å². The molecule has 0 spiro atoms. The molecule has 2 rings (SSSR count). The highest BCUT2D eigenvalue weighted by molar-refractivity contribution is 6.42. The SMILES string of the molecule is CN1CCC(c2ccc(C(=O)C(N)=O)cc2)CC1. The number of likely N-dealkylation sites (tertiary alicyclic amines) is 1. The smallest absolute Gasteiger partial charge is 0.289 e. The van der Waals surface area contributed by atoms with Crippen molar-refractivity contribution >= 4 is 11.7 Å². The summed E-state index contributed by atoms with van der Waals surface area (Å²) in [6, 6.07) is 7.26. The van der Waals surface area contributed by atoms with Gasteiger partial charge in [0.2, 0.25) is 5.78 Å². The fraction of sp³-hybridized carbons (Fsp3) is 0.429. The fourth-order valence-corrected chi connectivity index (χ4v) is 2.39. The number of primary amides is 1. The van der Waals surface area contributed by atoms with Gasteiger partial charge in [-0.15, -0.1) is 0 Å². The number of carbonyl (C=O) groups is 2. The Morgan fingerprint density at radius 2 is 1.72 bits per heavy atom. The van der Waals surface area contributed by atoms with Crippen LogP contribution in [0.15, 0.2) is 24.3 Å². The molecule has 0 saturated carbocycles. The summed E-state index contributed by atoms with van der Waals surface area (Å²) in [7, 11) is 2.13. The Balaban J connectivity index is 2.08. The second kappa shape index (κ2) is 5.31. The molecule has 0 unspecified atom stereocenters. The highest BCUT2D eigenvalue weighted by atomic mass is 16.2. The second-order valence-corrected chi connectivity index (χ2v) is 4.89. The van der Waals surface area contributed by atoms with E-state index in [0.29, 0.717) is 11.5 Å². The molecule has 1 aliphatic rings. The van der Waals surface area contributed by atoms with E-state index >= 15 is 0 Å². The maximum Gasteiger partial charge on any atom is 0.289 e. The Kier molecular flexibility index (Phi) is 3.77. The zero-order valence-electron chi connectivity index (χ0n) is 10.6. The van der Waals surface area contributed by atoms with Crippen molar-refractivity contribution in [2.75, 3.05) is 20.1 Å². The molecule has 1 aliphatic heterocycles. The van der Waals surface area contributed by atoms with Crippen LogP contribution in [0, 0.1) is 0 Å². The van der Waals surface area contributed by atoms with Crippen LogP contribution in [0.25, 0.3) is 0 Å². The van der Waals surface area contributed by atoms with Gasteiger partial charge >= 0.3 is 0 Å². The first-order chi connectivity index (χ1) is 8.58. The molecule has 1 aromatic carbocycles. The van der Waals surface area contributed by atoms with Crippen LogP contribution < -0.4 is 5.73 Å². The summed E-state index contributed by atoms with van der Waals surface area (Å²) in [5.41, 5.74) is 6.58. The number of Topliss-reactive ketones (excluding diaryl/α,β-unsaturated/α-hetero) is 1. The van der Waals surface area contributed by atoms with Crippen molar-refractivity contribution in [2.24, 2.45) is 5.73 Å². The number of rotatable bonds is 3. The van der Waals surface area contributed by atoms with E-state index in [1.165, 1.54) is 5.56 Å². The van der Waals surface area contributed by atoms with Crippen molar-refractivity contribution in [3.05, 3.63) is 35.4 Å². The van der Waals surface area contributed by atoms with Crippen molar-refractivity contribution in [1.82, 2.24) is 4.90 Å². The largest absolute Gasteiger partial charge is 0.363 e. The molecule has 1 heterocycles. The summed E-state index contributed by atoms with van der Waals surface area (Å²) >= 11 is 0. The Hall–Kier alpha value is -1.68. The average molecular weight is 246 g/mol. The van der Waals surface area contributed by atoms with Gasteiger partial charge in [-0.25, -0.2) is 0 Å². The summed E-state index contributed by atoms with van der Waals surface area (Å²) in [4.78, 5) is 24.5. The molecule has 0 bridgehead atoms. The van der Waals surface area contributed by atoms with Crippen molar-refractivity contribution in [2.45, 2.75) is 18.8 Å². The third kappa shape index (κ3) is 2.76. The van der Waals surface area contributed by atoms with Crippen molar-refractivity contribution < 1.29 is 9.59 Å². The van der Waals surface area contributed by atoms with E-state index in [1.54, 1.807) is 12.1 Å². The van der Waals surface area contributed by atoms with Gasteiger partial charge in [-0.2, -0.15) is 0 Å². The molecule has 1 amide bonds. The van der Waals surface area contributed by atoms with Gasteiger partial charge in [0.25, 0.3) is 5.91 Å². The molecule has 4 heteroatoms. The lowest BCUT2D eigenvalue weighted by atomic mass is 9.89. The van der Waals surface area contributed by atoms with Crippen molar-refractivity contribution in [1.29, 1.82) is 0 Å². The second-order valence-electron chi connectivity index (χ2n) is 4.89. The minimum atomic E-state index is -0.901. The third-order valence-corrected chi connectivity index (χ3v) is 3.59. The molecule has 1 aromatic rings. The lowest BCUT2D eigenvalue weighted by molar-refractivity contribution is -0.114. The lowest BCUT2D eigenvalue weighted by Crippen LogP contribution is -2.29. The Bertz CT molecular complexity index is 445. The Labute approximate surface area is 107 Å². The summed E-state index contributed by atoms with van der Waals surface area (Å²) in [5.74, 6) is -0.967. The molecule has 1 fully saturated rings. The predicted octanol–water partition coefficient (Wildman–Crippen LogP) is 1.16. The number of amides is 1. The summed E-state index contributed by atoms with van der Waals surface area (Å²) in [6.45, 7) is 2.21. The van der Waals surface area contributed by atoms with Gasteiger partial charge in [0.1, 0.15) is 0 Å². The minimum Gasteiger partial charge on any atom is -0.363 e. The number of nitrogens with zero attached hydrogens (tertiary/aromatic N) is 1. The van der Waals surface area contributed by atoms with Gasteiger partial charge in [0.15, 0.2) is 0 Å². The van der Waals surface area contributed by atoms with E-state index < -0.39 is 11.7 Å². The van der Waals surface area contributed by atoms with Crippen LogP contribution >= 0.6 is 0 Å². The summed E-state index contributed by atoms with van der Waals surface area (Å²) < 4.78 is 0. The van der Waals surface area contributed by atoms with Gasteiger partial charge < -0.3 is 10.6 Å². The predicted molar refractivity (Wildman–Crippen MR) is 69.4 cm³/mol. The number of piperidine rings is 1. The highest BCUT2D eigenvalue weighted by Crippen LogP contribution is 2.27. The standard InChI is InChI=1S/C14H18N2O2/c1-16-8-6-11(7-9-16)10-2-4-12(5-3-10)13(17)14(15)18/h2-5,11H,6-9H2,1H3,(H2,15,18). The maximum atomic E-state index is 11.4. The maximum absolute atomic E-state index is 11.4. The van der Waals surface area contributed by atoms with E-state index in [9.17, 15) is 9.59 Å². The van der Waals surface area contributed by atoms with E-state index in [-0.39, 0.29) is 0 Å². The lowest BCUT2D eigenvalue weighted by Gasteiger charge is -2.29. The van der Waals surface area contributed by atoms with Crippen LogP contribution in [0.2, 0.25) is 0 Å². The molecular formula is C14H18N2O2. The summed E-state index contributed by atoms with van der Waals surface area (Å²) in [5, 5.41) is 0. The first-order valence-electron chi connectivity index (χ1n) is 6.20. The summed E-state index contributed by atoms with van der Waals surface area (Å²) in [6.07, 6.45) is 2.28. The van der Waals surface area contributed by atoms with Crippen LogP contribution in [-0.4, -0.2) is 36.7 Å². The number of benzene rings is 1. The molecule has 0 atom stereocenters. The number of carbonyl (C=O) groups excluding carboxylic acids is 2. The van der Waals surface area contributed by atoms with E-state index in [1.807, 2.05) is 12.1 Å². The minimum absolute atomic E-state index is 0.374. The van der Waals surface area contributed by atoms with E-state index in [2.05, 4.69) is 11.9 Å². The monoisotopic (exact) mass is 246 g/mol. The molecule has 0 radical (unpaired) electrons. The number of nitrogens with two attached hydrogens (primary N) is 1. The molecule has 2 N–H and O–H groups in total. The number of hydrogen-bond donors (Lipinski definition) is 1. The first kappa shape index (κ1) is 12.8. The molecular weight excluding hydrogens is 228 g/mol. The topological polar surface area (TPSA) is 63.4 Å². The zero-order valence-corrected chi connectivity index (χ0v) is 10.6. The van der Waals surface area contributed by atoms with Crippen LogP contribution in [0.1, 0.15) is 34.7 Å². The number of hydrogen-bond acceptors (Lipinski definition) is 3. The average Bonchev–Trinajstić information content (AvgIpc) is 2.39. The number of ketones is 1. The normalized spacial score (nSPS) is 17.6. The first-order valence-corrected chi connectivity index (χ1v) is 6.20. The van der Waals surface area contributed by atoms with E-state index in [4.69, 9.17) is 5.73 Å².